The maximum absolute atomic E-state index is 11.5. The number of aromatic nitrogens is 2. The van der Waals surface area contributed by atoms with Crippen LogP contribution in [0, 0.1) is 12.8 Å². The maximum atomic E-state index is 11.5. The van der Waals surface area contributed by atoms with Crippen molar-refractivity contribution in [3.8, 4) is 0 Å². The van der Waals surface area contributed by atoms with Crippen LogP contribution in [0.3, 0.4) is 0 Å². The molecule has 1 heterocycles. The lowest BCUT2D eigenvalue weighted by molar-refractivity contribution is -0.122. The Morgan fingerprint density at radius 3 is 2.65 bits per heavy atom. The molecular formula is C10H19ClN4O2. The van der Waals surface area contributed by atoms with Gasteiger partial charge in [-0.15, -0.1) is 12.4 Å². The first-order valence-electron chi connectivity index (χ1n) is 5.31. The number of nitrogens with one attached hydrogen (secondary N) is 1. The van der Waals surface area contributed by atoms with Gasteiger partial charge in [0, 0.05) is 6.92 Å². The minimum atomic E-state index is -0.479. The van der Waals surface area contributed by atoms with Crippen molar-refractivity contribution < 1.29 is 9.32 Å². The number of hydrogen-bond acceptors (Lipinski definition) is 5. The number of hydrogen-bond donors (Lipinski definition) is 2. The Kier molecular flexibility index (Phi) is 6.75. The molecule has 0 bridgehead atoms. The lowest BCUT2D eigenvalue weighted by Crippen LogP contribution is -2.41. The van der Waals surface area contributed by atoms with Gasteiger partial charge < -0.3 is 15.6 Å². The summed E-state index contributed by atoms with van der Waals surface area (Å²) >= 11 is 0. The topological polar surface area (TPSA) is 94.0 Å². The molecule has 0 aliphatic carbocycles. The van der Waals surface area contributed by atoms with Crippen LogP contribution < -0.4 is 11.1 Å². The lowest BCUT2D eigenvalue weighted by atomic mass is 10.0. The van der Waals surface area contributed by atoms with Crippen LogP contribution in [0.2, 0.25) is 0 Å². The molecule has 98 valence electrons. The standard InChI is InChI=1S/C10H18N4O2.ClH/c1-6(2)4-8(11)10(15)12-5-9-13-7(3)16-14-9;/h6,8H,4-5,11H2,1-3H3,(H,12,15);1H/t8-;/m0./s1. The van der Waals surface area contributed by atoms with Crippen LogP contribution in [-0.4, -0.2) is 22.1 Å². The minimum Gasteiger partial charge on any atom is -0.347 e. The molecule has 7 heteroatoms. The van der Waals surface area contributed by atoms with Crippen molar-refractivity contribution in [2.24, 2.45) is 11.7 Å². The van der Waals surface area contributed by atoms with E-state index in [1.807, 2.05) is 13.8 Å². The summed E-state index contributed by atoms with van der Waals surface area (Å²) in [7, 11) is 0. The molecule has 0 spiro atoms. The van der Waals surface area contributed by atoms with E-state index in [0.717, 1.165) is 0 Å². The van der Waals surface area contributed by atoms with Gasteiger partial charge in [-0.1, -0.05) is 19.0 Å². The van der Waals surface area contributed by atoms with Gasteiger partial charge in [-0.05, 0) is 12.3 Å². The molecule has 0 aliphatic heterocycles. The van der Waals surface area contributed by atoms with Gasteiger partial charge in [-0.2, -0.15) is 4.98 Å². The predicted octanol–water partition coefficient (Wildman–Crippen LogP) is 0.789. The fourth-order valence-electron chi connectivity index (χ4n) is 1.33. The Balaban J connectivity index is 0.00000256. The monoisotopic (exact) mass is 262 g/mol. The van der Waals surface area contributed by atoms with E-state index in [-0.39, 0.29) is 24.9 Å². The Hall–Kier alpha value is -1.14. The van der Waals surface area contributed by atoms with Crippen LogP contribution in [-0.2, 0) is 11.3 Å². The van der Waals surface area contributed by atoms with Crippen LogP contribution in [0.5, 0.6) is 0 Å². The summed E-state index contributed by atoms with van der Waals surface area (Å²) in [6.45, 7) is 6.00. The molecule has 1 amide bonds. The highest BCUT2D eigenvalue weighted by atomic mass is 35.5. The van der Waals surface area contributed by atoms with Crippen LogP contribution in [0.15, 0.2) is 4.52 Å². The van der Waals surface area contributed by atoms with Crippen molar-refractivity contribution in [3.05, 3.63) is 11.7 Å². The molecular weight excluding hydrogens is 244 g/mol. The number of amides is 1. The molecule has 1 atom stereocenters. The third-order valence-electron chi connectivity index (χ3n) is 2.05. The summed E-state index contributed by atoms with van der Waals surface area (Å²) in [6.07, 6.45) is 0.664. The van der Waals surface area contributed by atoms with Crippen molar-refractivity contribution in [1.82, 2.24) is 15.5 Å². The smallest absolute Gasteiger partial charge is 0.237 e. The highest BCUT2D eigenvalue weighted by Crippen LogP contribution is 2.02. The molecule has 1 aromatic rings. The van der Waals surface area contributed by atoms with E-state index in [9.17, 15) is 4.79 Å². The van der Waals surface area contributed by atoms with E-state index in [4.69, 9.17) is 10.3 Å². The van der Waals surface area contributed by atoms with Gasteiger partial charge in [0.1, 0.15) is 0 Å². The molecule has 17 heavy (non-hydrogen) atoms. The van der Waals surface area contributed by atoms with Crippen LogP contribution in [0.25, 0.3) is 0 Å². The maximum Gasteiger partial charge on any atom is 0.237 e. The minimum absolute atomic E-state index is 0. The van der Waals surface area contributed by atoms with Gasteiger partial charge in [0.05, 0.1) is 12.6 Å². The first kappa shape index (κ1) is 15.9. The van der Waals surface area contributed by atoms with E-state index < -0.39 is 6.04 Å². The van der Waals surface area contributed by atoms with E-state index in [2.05, 4.69) is 15.5 Å². The summed E-state index contributed by atoms with van der Waals surface area (Å²) in [5, 5.41) is 6.33. The van der Waals surface area contributed by atoms with Gasteiger partial charge >= 0.3 is 0 Å². The SMILES string of the molecule is Cc1nc(CNC(=O)[C@@H](N)CC(C)C)no1.Cl. The van der Waals surface area contributed by atoms with Crippen LogP contribution in [0.4, 0.5) is 0 Å². The van der Waals surface area contributed by atoms with Gasteiger partial charge in [-0.25, -0.2) is 0 Å². The van der Waals surface area contributed by atoms with E-state index in [1.165, 1.54) is 0 Å². The third-order valence-corrected chi connectivity index (χ3v) is 2.05. The number of carbonyl (C=O) groups excluding carboxylic acids is 1. The zero-order chi connectivity index (χ0) is 12.1. The molecule has 0 aliphatic rings. The number of aryl methyl sites for hydroxylation is 1. The van der Waals surface area contributed by atoms with E-state index in [0.29, 0.717) is 24.1 Å². The second-order valence-corrected chi connectivity index (χ2v) is 4.18. The van der Waals surface area contributed by atoms with Gasteiger partial charge in [0.15, 0.2) is 5.82 Å². The molecule has 3 N–H and O–H groups in total. The quantitative estimate of drug-likeness (QED) is 0.818. The van der Waals surface area contributed by atoms with Crippen molar-refractivity contribution in [1.29, 1.82) is 0 Å². The summed E-state index contributed by atoms with van der Waals surface area (Å²) in [4.78, 5) is 15.5. The Morgan fingerprint density at radius 2 is 2.18 bits per heavy atom. The first-order valence-corrected chi connectivity index (χ1v) is 5.31. The number of carbonyl (C=O) groups is 1. The van der Waals surface area contributed by atoms with Crippen LogP contribution in [0.1, 0.15) is 32.0 Å². The fraction of sp³-hybridized carbons (Fsp3) is 0.700. The second-order valence-electron chi connectivity index (χ2n) is 4.18. The van der Waals surface area contributed by atoms with Crippen molar-refractivity contribution in [2.75, 3.05) is 0 Å². The van der Waals surface area contributed by atoms with Crippen molar-refractivity contribution in [2.45, 2.75) is 39.8 Å². The number of rotatable bonds is 5. The third kappa shape index (κ3) is 5.65. The summed E-state index contributed by atoms with van der Waals surface area (Å²) in [5.74, 6) is 1.16. The van der Waals surface area contributed by atoms with Crippen molar-refractivity contribution >= 4 is 18.3 Å². The van der Waals surface area contributed by atoms with E-state index in [1.54, 1.807) is 6.92 Å². The van der Waals surface area contributed by atoms with E-state index >= 15 is 0 Å². The molecule has 0 unspecified atom stereocenters. The average Bonchev–Trinajstić information content (AvgIpc) is 2.59. The Morgan fingerprint density at radius 1 is 1.53 bits per heavy atom. The van der Waals surface area contributed by atoms with Gasteiger partial charge in [0.25, 0.3) is 0 Å². The Labute approximate surface area is 107 Å². The number of nitrogens with two attached hydrogens (primary N) is 1. The van der Waals surface area contributed by atoms with Gasteiger partial charge in [0.2, 0.25) is 11.8 Å². The molecule has 0 fully saturated rings. The summed E-state index contributed by atoms with van der Waals surface area (Å²) < 4.78 is 4.78. The molecule has 0 saturated carbocycles. The normalized spacial score (nSPS) is 12.1. The summed E-state index contributed by atoms with van der Waals surface area (Å²) in [6, 6.07) is -0.479. The first-order chi connectivity index (χ1) is 7.49. The van der Waals surface area contributed by atoms with Crippen molar-refractivity contribution in [3.63, 3.8) is 0 Å². The molecule has 0 aromatic carbocycles. The molecule has 0 saturated heterocycles. The molecule has 1 aromatic heterocycles. The highest BCUT2D eigenvalue weighted by molar-refractivity contribution is 5.85. The van der Waals surface area contributed by atoms with Gasteiger partial charge in [-0.3, -0.25) is 4.79 Å². The lowest BCUT2D eigenvalue weighted by Gasteiger charge is -2.12. The molecule has 0 radical (unpaired) electrons. The largest absolute Gasteiger partial charge is 0.347 e. The zero-order valence-corrected chi connectivity index (χ0v) is 11.1. The summed E-state index contributed by atoms with van der Waals surface area (Å²) in [5.41, 5.74) is 5.71. The van der Waals surface area contributed by atoms with Crippen LogP contribution >= 0.6 is 12.4 Å². The second kappa shape index (κ2) is 7.24. The number of nitrogens with zero attached hydrogens (tertiary/aromatic N) is 2. The number of halogens is 1. The highest BCUT2D eigenvalue weighted by Gasteiger charge is 2.15. The Bertz CT molecular complexity index is 354. The fourth-order valence-corrected chi connectivity index (χ4v) is 1.33. The predicted molar refractivity (Wildman–Crippen MR) is 65.6 cm³/mol. The average molecular weight is 263 g/mol. The zero-order valence-electron chi connectivity index (χ0n) is 10.3. The molecule has 1 rings (SSSR count). The molecule has 6 nitrogen and oxygen atoms in total.